The second-order valence-electron chi connectivity index (χ2n) is 5.97. The zero-order chi connectivity index (χ0) is 14.7. The molecule has 0 N–H and O–H groups in total. The number of hydrogen-bond donors (Lipinski definition) is 0. The Hall–Kier alpha value is -1.68. The first-order valence-electron chi connectivity index (χ1n) is 7.75. The minimum atomic E-state index is -0.0245. The van der Waals surface area contributed by atoms with Gasteiger partial charge in [-0.25, -0.2) is 0 Å². The molecule has 1 saturated heterocycles. The van der Waals surface area contributed by atoms with Crippen molar-refractivity contribution in [2.75, 3.05) is 6.61 Å². The summed E-state index contributed by atoms with van der Waals surface area (Å²) in [7, 11) is 0. The molecule has 0 spiro atoms. The SMILES string of the molecule is CC(C)C(c1ccccc1)c1nnc(C2CCCCO2)o1. The lowest BCUT2D eigenvalue weighted by Crippen LogP contribution is -2.11. The topological polar surface area (TPSA) is 48.2 Å². The second-order valence-corrected chi connectivity index (χ2v) is 5.97. The molecule has 0 amide bonds. The largest absolute Gasteiger partial charge is 0.422 e. The molecular weight excluding hydrogens is 264 g/mol. The van der Waals surface area contributed by atoms with Crippen LogP contribution in [0.5, 0.6) is 0 Å². The van der Waals surface area contributed by atoms with Gasteiger partial charge < -0.3 is 9.15 Å². The van der Waals surface area contributed by atoms with Crippen LogP contribution in [0.15, 0.2) is 34.7 Å². The molecule has 1 fully saturated rings. The van der Waals surface area contributed by atoms with Gasteiger partial charge in [-0.3, -0.25) is 0 Å². The average molecular weight is 286 g/mol. The van der Waals surface area contributed by atoms with Crippen LogP contribution >= 0.6 is 0 Å². The first-order chi connectivity index (χ1) is 10.3. The Labute approximate surface area is 125 Å². The normalized spacial score (nSPS) is 20.6. The molecule has 4 nitrogen and oxygen atoms in total. The fraction of sp³-hybridized carbons (Fsp3) is 0.529. The maximum Gasteiger partial charge on any atom is 0.245 e. The zero-order valence-electron chi connectivity index (χ0n) is 12.7. The molecule has 112 valence electrons. The van der Waals surface area contributed by atoms with Gasteiger partial charge in [0.05, 0.1) is 5.92 Å². The number of rotatable bonds is 4. The van der Waals surface area contributed by atoms with E-state index in [0.717, 1.165) is 25.9 Å². The van der Waals surface area contributed by atoms with E-state index in [1.807, 2.05) is 18.2 Å². The predicted octanol–water partition coefficient (Wildman–Crippen LogP) is 4.10. The van der Waals surface area contributed by atoms with Crippen molar-refractivity contribution in [1.29, 1.82) is 0 Å². The van der Waals surface area contributed by atoms with Gasteiger partial charge >= 0.3 is 0 Å². The summed E-state index contributed by atoms with van der Waals surface area (Å²) < 4.78 is 11.7. The van der Waals surface area contributed by atoms with Gasteiger partial charge in [0.2, 0.25) is 11.8 Å². The van der Waals surface area contributed by atoms with Crippen molar-refractivity contribution < 1.29 is 9.15 Å². The molecule has 21 heavy (non-hydrogen) atoms. The van der Waals surface area contributed by atoms with Crippen molar-refractivity contribution >= 4 is 0 Å². The van der Waals surface area contributed by atoms with Crippen LogP contribution in [-0.2, 0) is 4.74 Å². The summed E-state index contributed by atoms with van der Waals surface area (Å²) >= 11 is 0. The highest BCUT2D eigenvalue weighted by Crippen LogP contribution is 2.33. The quantitative estimate of drug-likeness (QED) is 0.849. The highest BCUT2D eigenvalue weighted by Gasteiger charge is 2.27. The van der Waals surface area contributed by atoms with Gasteiger partial charge in [0.15, 0.2) is 0 Å². The number of nitrogens with zero attached hydrogens (tertiary/aromatic N) is 2. The van der Waals surface area contributed by atoms with Crippen LogP contribution in [0.4, 0.5) is 0 Å². The van der Waals surface area contributed by atoms with Crippen LogP contribution in [0.25, 0.3) is 0 Å². The third-order valence-corrected chi connectivity index (χ3v) is 4.00. The molecule has 0 radical (unpaired) electrons. The monoisotopic (exact) mass is 286 g/mol. The zero-order valence-corrected chi connectivity index (χ0v) is 12.7. The minimum absolute atomic E-state index is 0.0245. The van der Waals surface area contributed by atoms with Crippen molar-refractivity contribution in [3.63, 3.8) is 0 Å². The molecule has 1 aliphatic rings. The van der Waals surface area contributed by atoms with Crippen LogP contribution in [0.3, 0.4) is 0 Å². The van der Waals surface area contributed by atoms with Crippen molar-refractivity contribution in [3.05, 3.63) is 47.7 Å². The van der Waals surface area contributed by atoms with E-state index in [1.54, 1.807) is 0 Å². The summed E-state index contributed by atoms with van der Waals surface area (Å²) in [6, 6.07) is 10.4. The Morgan fingerprint density at radius 1 is 1.10 bits per heavy atom. The Kier molecular flexibility index (Phi) is 4.34. The number of benzene rings is 1. The molecule has 2 aromatic rings. The Morgan fingerprint density at radius 2 is 1.90 bits per heavy atom. The lowest BCUT2D eigenvalue weighted by Gasteiger charge is -2.20. The molecule has 3 rings (SSSR count). The van der Waals surface area contributed by atoms with Crippen LogP contribution in [-0.4, -0.2) is 16.8 Å². The summed E-state index contributed by atoms with van der Waals surface area (Å²) in [5.74, 6) is 1.86. The second kappa shape index (κ2) is 6.39. The maximum atomic E-state index is 5.95. The molecule has 1 aromatic carbocycles. The smallest absolute Gasteiger partial charge is 0.245 e. The fourth-order valence-electron chi connectivity index (χ4n) is 2.91. The van der Waals surface area contributed by atoms with Crippen molar-refractivity contribution in [2.45, 2.75) is 45.1 Å². The molecule has 1 aromatic heterocycles. The van der Waals surface area contributed by atoms with Crippen LogP contribution in [0.1, 0.15) is 62.5 Å². The summed E-state index contributed by atoms with van der Waals surface area (Å²) in [6.45, 7) is 5.14. The van der Waals surface area contributed by atoms with E-state index in [0.29, 0.717) is 17.7 Å². The Bertz CT molecular complexity index is 559. The lowest BCUT2D eigenvalue weighted by atomic mass is 9.88. The fourth-order valence-corrected chi connectivity index (χ4v) is 2.91. The molecule has 2 heterocycles. The third kappa shape index (κ3) is 3.16. The molecule has 0 bridgehead atoms. The van der Waals surface area contributed by atoms with E-state index in [-0.39, 0.29) is 12.0 Å². The first kappa shape index (κ1) is 14.3. The predicted molar refractivity (Wildman–Crippen MR) is 80.0 cm³/mol. The maximum absolute atomic E-state index is 5.95. The van der Waals surface area contributed by atoms with E-state index in [1.165, 1.54) is 5.56 Å². The summed E-state index contributed by atoms with van der Waals surface area (Å²) in [6.07, 6.45) is 3.23. The summed E-state index contributed by atoms with van der Waals surface area (Å²) in [5.41, 5.74) is 1.22. The standard InChI is InChI=1S/C17H22N2O2/c1-12(2)15(13-8-4-3-5-9-13)17-19-18-16(21-17)14-10-6-7-11-20-14/h3-5,8-9,12,14-15H,6-7,10-11H2,1-2H3. The number of hydrogen-bond acceptors (Lipinski definition) is 4. The van der Waals surface area contributed by atoms with E-state index < -0.39 is 0 Å². The third-order valence-electron chi connectivity index (χ3n) is 4.00. The van der Waals surface area contributed by atoms with Gasteiger partial charge in [-0.1, -0.05) is 44.2 Å². The van der Waals surface area contributed by atoms with Gasteiger partial charge in [-0.2, -0.15) is 0 Å². The molecule has 2 unspecified atom stereocenters. The van der Waals surface area contributed by atoms with Crippen molar-refractivity contribution in [3.8, 4) is 0 Å². The van der Waals surface area contributed by atoms with Crippen LogP contribution < -0.4 is 0 Å². The van der Waals surface area contributed by atoms with Crippen LogP contribution in [0, 0.1) is 5.92 Å². The van der Waals surface area contributed by atoms with E-state index in [4.69, 9.17) is 9.15 Å². The highest BCUT2D eigenvalue weighted by molar-refractivity contribution is 5.25. The van der Waals surface area contributed by atoms with Crippen molar-refractivity contribution in [2.24, 2.45) is 5.92 Å². The molecule has 4 heteroatoms. The highest BCUT2D eigenvalue weighted by atomic mass is 16.5. The first-order valence-corrected chi connectivity index (χ1v) is 7.75. The summed E-state index contributed by atoms with van der Waals surface area (Å²) in [4.78, 5) is 0. The Morgan fingerprint density at radius 3 is 2.57 bits per heavy atom. The number of ether oxygens (including phenoxy) is 1. The van der Waals surface area contributed by atoms with Gasteiger partial charge in [0.25, 0.3) is 0 Å². The van der Waals surface area contributed by atoms with E-state index >= 15 is 0 Å². The Balaban J connectivity index is 1.85. The molecular formula is C17H22N2O2. The number of aromatic nitrogens is 2. The summed E-state index contributed by atoms with van der Waals surface area (Å²) in [5, 5.41) is 8.52. The average Bonchev–Trinajstić information content (AvgIpc) is 2.98. The molecule has 2 atom stereocenters. The molecule has 0 saturated carbocycles. The van der Waals surface area contributed by atoms with Crippen molar-refractivity contribution in [1.82, 2.24) is 10.2 Å². The van der Waals surface area contributed by atoms with E-state index in [2.05, 4.69) is 36.2 Å². The minimum Gasteiger partial charge on any atom is -0.422 e. The lowest BCUT2D eigenvalue weighted by molar-refractivity contribution is -0.00232. The van der Waals surface area contributed by atoms with Gasteiger partial charge in [0, 0.05) is 6.61 Å². The van der Waals surface area contributed by atoms with Crippen LogP contribution in [0.2, 0.25) is 0 Å². The van der Waals surface area contributed by atoms with Gasteiger partial charge in [-0.05, 0) is 30.7 Å². The van der Waals surface area contributed by atoms with Gasteiger partial charge in [0.1, 0.15) is 6.10 Å². The molecule has 0 aliphatic carbocycles. The molecule has 1 aliphatic heterocycles. The van der Waals surface area contributed by atoms with Gasteiger partial charge in [-0.15, -0.1) is 10.2 Å². The van der Waals surface area contributed by atoms with E-state index in [9.17, 15) is 0 Å².